The van der Waals surface area contributed by atoms with Gasteiger partial charge in [0.25, 0.3) is 0 Å². The molecule has 6 heteroatoms. The van der Waals surface area contributed by atoms with E-state index < -0.39 is 0 Å². The monoisotopic (exact) mass is 352 g/mol. The van der Waals surface area contributed by atoms with Crippen molar-refractivity contribution in [2.75, 3.05) is 6.61 Å². The fraction of sp³-hybridized carbons (Fsp3) is 0.143. The highest BCUT2D eigenvalue weighted by atomic mass is 79.9. The summed E-state index contributed by atoms with van der Waals surface area (Å²) in [4.78, 5) is 8.45. The average Bonchev–Trinajstić information content (AvgIpc) is 2.92. The molecule has 0 amide bonds. The van der Waals surface area contributed by atoms with E-state index in [4.69, 9.17) is 5.11 Å². The van der Waals surface area contributed by atoms with E-state index in [1.54, 1.807) is 18.3 Å². The number of aliphatic hydroxyl groups excluding tert-OH is 1. The molecule has 1 aromatic carbocycles. The van der Waals surface area contributed by atoms with Gasteiger partial charge in [-0.15, -0.1) is 11.3 Å². The Hall–Kier alpha value is -1.37. The predicted molar refractivity (Wildman–Crippen MR) is 81.6 cm³/mol. The first-order valence-electron chi connectivity index (χ1n) is 5.94. The summed E-state index contributed by atoms with van der Waals surface area (Å²) < 4.78 is 14.3. The van der Waals surface area contributed by atoms with Crippen molar-refractivity contribution < 1.29 is 9.50 Å². The smallest absolute Gasteiger partial charge is 0.160 e. The highest BCUT2D eigenvalue weighted by Gasteiger charge is 2.14. The van der Waals surface area contributed by atoms with E-state index in [0.29, 0.717) is 16.2 Å². The Bertz CT molecular complexity index is 762. The van der Waals surface area contributed by atoms with E-state index in [0.717, 1.165) is 10.9 Å². The SMILES string of the molecule is OCC(Br)c1ccnc(-c2csc3c(F)cccc23)n1. The van der Waals surface area contributed by atoms with Crippen molar-refractivity contribution in [1.29, 1.82) is 0 Å². The maximum Gasteiger partial charge on any atom is 0.160 e. The molecule has 0 radical (unpaired) electrons. The third-order valence-electron chi connectivity index (χ3n) is 2.95. The zero-order valence-corrected chi connectivity index (χ0v) is 12.7. The molecule has 1 unspecified atom stereocenters. The number of hydrogen-bond acceptors (Lipinski definition) is 4. The Morgan fingerprint density at radius 2 is 2.20 bits per heavy atom. The molecule has 0 saturated carbocycles. The van der Waals surface area contributed by atoms with Crippen LogP contribution in [-0.2, 0) is 0 Å². The van der Waals surface area contributed by atoms with Crippen LogP contribution >= 0.6 is 27.3 Å². The van der Waals surface area contributed by atoms with Crippen molar-refractivity contribution in [1.82, 2.24) is 9.97 Å². The van der Waals surface area contributed by atoms with E-state index in [9.17, 15) is 4.39 Å². The highest BCUT2D eigenvalue weighted by Crippen LogP contribution is 2.34. The molecule has 1 N–H and O–H groups in total. The molecule has 0 saturated heterocycles. The molecule has 0 spiro atoms. The number of nitrogens with zero attached hydrogens (tertiary/aromatic N) is 2. The third kappa shape index (κ3) is 2.34. The van der Waals surface area contributed by atoms with Gasteiger partial charge in [-0.05, 0) is 12.1 Å². The van der Waals surface area contributed by atoms with Gasteiger partial charge in [0.05, 0.1) is 21.8 Å². The molecule has 0 aliphatic carbocycles. The number of fused-ring (bicyclic) bond motifs is 1. The molecule has 1 atom stereocenters. The minimum atomic E-state index is -0.233. The fourth-order valence-corrected chi connectivity index (χ4v) is 3.17. The summed E-state index contributed by atoms with van der Waals surface area (Å²) in [6.45, 7) is -0.0462. The van der Waals surface area contributed by atoms with E-state index in [2.05, 4.69) is 25.9 Å². The topological polar surface area (TPSA) is 46.0 Å². The van der Waals surface area contributed by atoms with Crippen LogP contribution in [0.2, 0.25) is 0 Å². The van der Waals surface area contributed by atoms with Crippen LogP contribution in [0.15, 0.2) is 35.8 Å². The van der Waals surface area contributed by atoms with Crippen LogP contribution < -0.4 is 0 Å². The second-order valence-electron chi connectivity index (χ2n) is 4.22. The molecule has 102 valence electrons. The molecular formula is C14H10BrFN2OS. The normalized spacial score (nSPS) is 12.8. The predicted octanol–water partition coefficient (Wildman–Crippen LogP) is 3.93. The first kappa shape index (κ1) is 13.6. The number of benzene rings is 1. The van der Waals surface area contributed by atoms with Gasteiger partial charge in [-0.1, -0.05) is 28.1 Å². The largest absolute Gasteiger partial charge is 0.395 e. The third-order valence-corrected chi connectivity index (χ3v) is 4.71. The quantitative estimate of drug-likeness (QED) is 0.726. The summed E-state index contributed by atoms with van der Waals surface area (Å²) >= 11 is 4.69. The number of hydrogen-bond donors (Lipinski definition) is 1. The standard InChI is InChI=1S/C14H10BrFN2OS/c15-10(6-19)12-4-5-17-14(18-12)9-7-20-13-8(9)2-1-3-11(13)16/h1-5,7,10,19H,6H2. The Morgan fingerprint density at radius 1 is 1.35 bits per heavy atom. The summed E-state index contributed by atoms with van der Waals surface area (Å²) in [7, 11) is 0. The number of aromatic nitrogens is 2. The summed E-state index contributed by atoms with van der Waals surface area (Å²) in [5, 5.41) is 11.8. The van der Waals surface area contributed by atoms with Crippen molar-refractivity contribution in [3.63, 3.8) is 0 Å². The van der Waals surface area contributed by atoms with E-state index >= 15 is 0 Å². The van der Waals surface area contributed by atoms with Crippen LogP contribution in [0, 0.1) is 5.82 Å². The summed E-state index contributed by atoms with van der Waals surface area (Å²) in [5.74, 6) is 0.306. The average molecular weight is 353 g/mol. The van der Waals surface area contributed by atoms with Crippen LogP contribution in [0.25, 0.3) is 21.5 Å². The first-order chi connectivity index (χ1) is 9.70. The number of halogens is 2. The summed E-state index contributed by atoms with van der Waals surface area (Å²) in [6, 6.07) is 6.73. The fourth-order valence-electron chi connectivity index (χ4n) is 1.97. The number of aliphatic hydroxyl groups is 1. The van der Waals surface area contributed by atoms with E-state index in [-0.39, 0.29) is 17.3 Å². The van der Waals surface area contributed by atoms with Crippen molar-refractivity contribution >= 4 is 37.4 Å². The van der Waals surface area contributed by atoms with Gasteiger partial charge in [0.15, 0.2) is 5.82 Å². The Morgan fingerprint density at radius 3 is 3.00 bits per heavy atom. The molecule has 2 aromatic heterocycles. The second kappa shape index (κ2) is 5.55. The highest BCUT2D eigenvalue weighted by molar-refractivity contribution is 9.09. The van der Waals surface area contributed by atoms with Crippen molar-refractivity contribution in [3.8, 4) is 11.4 Å². The lowest BCUT2D eigenvalue weighted by Gasteiger charge is -2.06. The van der Waals surface area contributed by atoms with Gasteiger partial charge in [-0.2, -0.15) is 0 Å². The maximum atomic E-state index is 13.7. The summed E-state index contributed by atoms with van der Waals surface area (Å²) in [5.41, 5.74) is 1.51. The van der Waals surface area contributed by atoms with Gasteiger partial charge in [-0.25, -0.2) is 14.4 Å². The Labute approximate surface area is 127 Å². The minimum absolute atomic E-state index is 0.0462. The molecule has 2 heterocycles. The molecular weight excluding hydrogens is 343 g/mol. The van der Waals surface area contributed by atoms with Gasteiger partial charge in [0.2, 0.25) is 0 Å². The van der Waals surface area contributed by atoms with Crippen LogP contribution in [0.1, 0.15) is 10.5 Å². The van der Waals surface area contributed by atoms with E-state index in [1.807, 2.05) is 11.4 Å². The van der Waals surface area contributed by atoms with Crippen molar-refractivity contribution in [3.05, 3.63) is 47.4 Å². The van der Waals surface area contributed by atoms with Crippen molar-refractivity contribution in [2.45, 2.75) is 4.83 Å². The van der Waals surface area contributed by atoms with Crippen molar-refractivity contribution in [2.24, 2.45) is 0 Å². The van der Waals surface area contributed by atoms with Crippen LogP contribution in [0.5, 0.6) is 0 Å². The second-order valence-corrected chi connectivity index (χ2v) is 6.21. The lowest BCUT2D eigenvalue weighted by Crippen LogP contribution is -2.00. The van der Waals surface area contributed by atoms with Crippen LogP contribution in [0.3, 0.4) is 0 Å². The van der Waals surface area contributed by atoms with E-state index in [1.165, 1.54) is 17.4 Å². The minimum Gasteiger partial charge on any atom is -0.395 e. The molecule has 0 aliphatic rings. The van der Waals surface area contributed by atoms with Gasteiger partial charge in [0.1, 0.15) is 5.82 Å². The van der Waals surface area contributed by atoms with Crippen LogP contribution in [0.4, 0.5) is 4.39 Å². The molecule has 0 bridgehead atoms. The molecule has 3 aromatic rings. The molecule has 0 fully saturated rings. The molecule has 20 heavy (non-hydrogen) atoms. The zero-order valence-electron chi connectivity index (χ0n) is 10.3. The zero-order chi connectivity index (χ0) is 14.1. The molecule has 0 aliphatic heterocycles. The lowest BCUT2D eigenvalue weighted by molar-refractivity contribution is 0.297. The Kier molecular flexibility index (Phi) is 3.78. The maximum absolute atomic E-state index is 13.7. The summed E-state index contributed by atoms with van der Waals surface area (Å²) in [6.07, 6.45) is 1.64. The number of alkyl halides is 1. The Balaban J connectivity index is 2.14. The van der Waals surface area contributed by atoms with Gasteiger partial charge in [-0.3, -0.25) is 0 Å². The van der Waals surface area contributed by atoms with Gasteiger partial charge >= 0.3 is 0 Å². The number of rotatable bonds is 3. The van der Waals surface area contributed by atoms with Gasteiger partial charge in [0, 0.05) is 22.5 Å². The number of thiophene rings is 1. The van der Waals surface area contributed by atoms with Crippen LogP contribution in [-0.4, -0.2) is 21.7 Å². The molecule has 3 nitrogen and oxygen atoms in total. The lowest BCUT2D eigenvalue weighted by atomic mass is 10.1. The first-order valence-corrected chi connectivity index (χ1v) is 7.74. The van der Waals surface area contributed by atoms with Gasteiger partial charge < -0.3 is 5.11 Å². The molecule has 3 rings (SSSR count).